The van der Waals surface area contributed by atoms with E-state index < -0.39 is 0 Å². The Labute approximate surface area is 155 Å². The standard InChI is InChI=1S/C19H28O3S2/c1-7-13-14(22-12(3)20)9-19(6)11-18(4,5)10-15(16(13)19)24-17(23)21-8-2/h14-16H,1,8-11H2,2-6H3/t14?,15?,16-,19+/m0/s1. The van der Waals surface area contributed by atoms with Gasteiger partial charge in [-0.25, -0.2) is 0 Å². The molecule has 3 nitrogen and oxygen atoms in total. The zero-order valence-electron chi connectivity index (χ0n) is 15.3. The molecule has 0 aromatic heterocycles. The predicted molar refractivity (Wildman–Crippen MR) is 103 cm³/mol. The number of carbonyl (C=O) groups is 1. The summed E-state index contributed by atoms with van der Waals surface area (Å²) < 4.78 is 11.7. The summed E-state index contributed by atoms with van der Waals surface area (Å²) in [4.78, 5) is 11.5. The van der Waals surface area contributed by atoms with Gasteiger partial charge in [0.15, 0.2) is 0 Å². The van der Waals surface area contributed by atoms with Crippen LogP contribution in [-0.2, 0) is 14.3 Å². The van der Waals surface area contributed by atoms with Crippen molar-refractivity contribution in [3.05, 3.63) is 17.9 Å². The highest BCUT2D eigenvalue weighted by Gasteiger charge is 2.57. The van der Waals surface area contributed by atoms with Crippen LogP contribution in [0.2, 0.25) is 0 Å². The molecule has 0 amide bonds. The quantitative estimate of drug-likeness (QED) is 0.402. The van der Waals surface area contributed by atoms with Crippen molar-refractivity contribution in [3.63, 3.8) is 0 Å². The third-order valence-corrected chi connectivity index (χ3v) is 6.57. The van der Waals surface area contributed by atoms with E-state index in [9.17, 15) is 4.79 Å². The lowest BCUT2D eigenvalue weighted by atomic mass is 9.60. The second-order valence-electron chi connectivity index (χ2n) is 7.95. The number of hydrogen-bond donors (Lipinski definition) is 0. The molecule has 2 unspecified atom stereocenters. The molecule has 0 radical (unpaired) electrons. The molecule has 0 aromatic carbocycles. The van der Waals surface area contributed by atoms with Gasteiger partial charge in [0.1, 0.15) is 6.10 Å². The third kappa shape index (κ3) is 4.07. The summed E-state index contributed by atoms with van der Waals surface area (Å²) in [5.74, 6) is 0.0130. The molecule has 0 aromatic rings. The topological polar surface area (TPSA) is 35.5 Å². The van der Waals surface area contributed by atoms with E-state index in [2.05, 4.69) is 33.1 Å². The third-order valence-electron chi connectivity index (χ3n) is 5.11. The Kier molecular flexibility index (Phi) is 5.89. The van der Waals surface area contributed by atoms with E-state index in [4.69, 9.17) is 21.7 Å². The van der Waals surface area contributed by atoms with Gasteiger partial charge in [-0.2, -0.15) is 0 Å². The molecular formula is C19H28O3S2. The van der Waals surface area contributed by atoms with Crippen LogP contribution >= 0.6 is 24.0 Å². The van der Waals surface area contributed by atoms with Crippen molar-refractivity contribution in [1.29, 1.82) is 0 Å². The van der Waals surface area contributed by atoms with E-state index in [0.29, 0.717) is 16.2 Å². The van der Waals surface area contributed by atoms with Crippen LogP contribution in [0.3, 0.4) is 0 Å². The van der Waals surface area contributed by atoms with E-state index in [1.807, 2.05) is 6.92 Å². The van der Waals surface area contributed by atoms with E-state index in [0.717, 1.165) is 24.8 Å². The molecule has 0 heterocycles. The second-order valence-corrected chi connectivity index (χ2v) is 9.79. The van der Waals surface area contributed by atoms with Crippen LogP contribution in [0.1, 0.15) is 53.9 Å². The number of fused-ring (bicyclic) bond motifs is 1. The van der Waals surface area contributed by atoms with Gasteiger partial charge in [-0.15, -0.1) is 5.73 Å². The fraction of sp³-hybridized carbons (Fsp3) is 0.737. The minimum atomic E-state index is -0.247. The Balaban J connectivity index is 2.35. The van der Waals surface area contributed by atoms with E-state index in [1.165, 1.54) is 6.92 Å². The van der Waals surface area contributed by atoms with Crippen LogP contribution in [-0.4, -0.2) is 28.3 Å². The number of esters is 1. The largest absolute Gasteiger partial charge is 0.479 e. The second kappa shape index (κ2) is 7.23. The molecule has 134 valence electrons. The number of thiocarbonyl (C=S) groups is 1. The molecule has 0 spiro atoms. The highest BCUT2D eigenvalue weighted by atomic mass is 32.2. The van der Waals surface area contributed by atoms with Crippen LogP contribution in [0.5, 0.6) is 0 Å². The monoisotopic (exact) mass is 368 g/mol. The molecule has 2 aliphatic rings. The van der Waals surface area contributed by atoms with E-state index >= 15 is 0 Å². The number of carbonyl (C=O) groups excluding carboxylic acids is 1. The lowest BCUT2D eigenvalue weighted by molar-refractivity contribution is -0.144. The first-order chi connectivity index (χ1) is 11.1. The number of hydrogen-bond acceptors (Lipinski definition) is 5. The Hall–Kier alpha value is -0.770. The average Bonchev–Trinajstić information content (AvgIpc) is 2.67. The SMILES string of the molecule is C=C=C1C(OC(C)=O)C[C@]2(C)CC(C)(C)CC(SC(=S)OCC)[C@H]12. The van der Waals surface area contributed by atoms with Crippen LogP contribution in [0.15, 0.2) is 17.9 Å². The Morgan fingerprint density at radius 2 is 2.08 bits per heavy atom. The summed E-state index contributed by atoms with van der Waals surface area (Å²) >= 11 is 7.03. The smallest absolute Gasteiger partial charge is 0.303 e. The summed E-state index contributed by atoms with van der Waals surface area (Å²) in [5.41, 5.74) is 4.39. The molecule has 0 aliphatic heterocycles. The molecule has 4 atom stereocenters. The van der Waals surface area contributed by atoms with Crippen molar-refractivity contribution in [2.75, 3.05) is 6.61 Å². The molecule has 2 aliphatic carbocycles. The molecule has 2 fully saturated rings. The van der Waals surface area contributed by atoms with Gasteiger partial charge in [-0.05, 0) is 49.2 Å². The Morgan fingerprint density at radius 3 is 2.62 bits per heavy atom. The molecule has 2 saturated carbocycles. The maximum absolute atomic E-state index is 11.5. The zero-order chi connectivity index (χ0) is 18.1. The van der Waals surface area contributed by atoms with E-state index in [-0.39, 0.29) is 28.8 Å². The van der Waals surface area contributed by atoms with Gasteiger partial charge in [0.05, 0.1) is 6.61 Å². The summed E-state index contributed by atoms with van der Waals surface area (Å²) in [6, 6.07) is 0. The van der Waals surface area contributed by atoms with Gasteiger partial charge >= 0.3 is 5.97 Å². The van der Waals surface area contributed by atoms with Crippen LogP contribution in [0.25, 0.3) is 0 Å². The fourth-order valence-corrected chi connectivity index (χ4v) is 6.88. The summed E-state index contributed by atoms with van der Waals surface area (Å²) in [6.45, 7) is 14.8. The predicted octanol–water partition coefficient (Wildman–Crippen LogP) is 4.90. The molecule has 24 heavy (non-hydrogen) atoms. The molecule has 0 N–H and O–H groups in total. The maximum atomic E-state index is 11.5. The lowest BCUT2D eigenvalue weighted by Crippen LogP contribution is -2.43. The zero-order valence-corrected chi connectivity index (χ0v) is 16.9. The van der Waals surface area contributed by atoms with E-state index in [1.54, 1.807) is 11.8 Å². The lowest BCUT2D eigenvalue weighted by Gasteiger charge is -2.48. The van der Waals surface area contributed by atoms with Crippen LogP contribution in [0, 0.1) is 16.7 Å². The number of thioether (sulfide) groups is 1. The van der Waals surface area contributed by atoms with Crippen molar-refractivity contribution < 1.29 is 14.3 Å². The highest BCUT2D eigenvalue weighted by Crippen LogP contribution is 2.62. The molecular weight excluding hydrogens is 340 g/mol. The van der Waals surface area contributed by atoms with Crippen molar-refractivity contribution in [2.24, 2.45) is 16.7 Å². The van der Waals surface area contributed by atoms with Crippen LogP contribution in [0.4, 0.5) is 0 Å². The molecule has 5 heteroatoms. The van der Waals surface area contributed by atoms with Gasteiger partial charge in [0, 0.05) is 23.7 Å². The van der Waals surface area contributed by atoms with Crippen molar-refractivity contribution in [3.8, 4) is 0 Å². The first-order valence-corrected chi connectivity index (χ1v) is 9.81. The molecule has 0 bridgehead atoms. The minimum Gasteiger partial charge on any atom is -0.479 e. The minimum absolute atomic E-state index is 0.0569. The van der Waals surface area contributed by atoms with Gasteiger partial charge in [0.25, 0.3) is 0 Å². The highest BCUT2D eigenvalue weighted by molar-refractivity contribution is 8.23. The summed E-state index contributed by atoms with van der Waals surface area (Å²) in [7, 11) is 0. The van der Waals surface area contributed by atoms with Gasteiger partial charge in [-0.3, -0.25) is 4.79 Å². The molecule has 2 rings (SSSR count). The maximum Gasteiger partial charge on any atom is 0.303 e. The van der Waals surface area contributed by atoms with Gasteiger partial charge in [0.2, 0.25) is 4.38 Å². The first kappa shape index (κ1) is 19.6. The number of rotatable bonds is 3. The van der Waals surface area contributed by atoms with Crippen LogP contribution < -0.4 is 0 Å². The van der Waals surface area contributed by atoms with Crippen molar-refractivity contribution in [2.45, 2.75) is 65.2 Å². The van der Waals surface area contributed by atoms with Crippen molar-refractivity contribution >= 4 is 34.3 Å². The van der Waals surface area contributed by atoms with Gasteiger partial charge in [-0.1, -0.05) is 39.1 Å². The Morgan fingerprint density at radius 1 is 1.42 bits per heavy atom. The summed E-state index contributed by atoms with van der Waals surface area (Å²) in [6.07, 6.45) is 2.75. The fourth-order valence-electron chi connectivity index (χ4n) is 4.81. The Bertz CT molecular complexity index is 577. The summed E-state index contributed by atoms with van der Waals surface area (Å²) in [5, 5.41) is 0.294. The normalized spacial score (nSPS) is 34.2. The van der Waals surface area contributed by atoms with Crippen molar-refractivity contribution in [1.82, 2.24) is 0 Å². The molecule has 0 saturated heterocycles. The average molecular weight is 369 g/mol. The first-order valence-electron chi connectivity index (χ1n) is 8.52. The van der Waals surface area contributed by atoms with Gasteiger partial charge < -0.3 is 9.47 Å². The number of ether oxygens (including phenoxy) is 2.